The summed E-state index contributed by atoms with van der Waals surface area (Å²) in [4.78, 5) is 0. The van der Waals surface area contributed by atoms with Crippen molar-refractivity contribution in [3.05, 3.63) is 11.4 Å². The van der Waals surface area contributed by atoms with Gasteiger partial charge in [0.15, 0.2) is 0 Å². The molecule has 1 aliphatic carbocycles. The maximum absolute atomic E-state index is 6.05. The molecule has 0 aliphatic heterocycles. The van der Waals surface area contributed by atoms with E-state index in [1.165, 1.54) is 25.7 Å². The first-order chi connectivity index (χ1) is 6.13. The average Bonchev–Trinajstić information content (AvgIpc) is 2.06. The van der Waals surface area contributed by atoms with E-state index in [-0.39, 0.29) is 0 Å². The molecule has 0 saturated heterocycles. The zero-order chi connectivity index (χ0) is 9.84. The van der Waals surface area contributed by atoms with Crippen LogP contribution in [0.15, 0.2) is 11.4 Å². The van der Waals surface area contributed by atoms with Gasteiger partial charge in [0.25, 0.3) is 0 Å². The zero-order valence-corrected chi connectivity index (χ0v) is 8.71. The quantitative estimate of drug-likeness (QED) is 0.479. The molecule has 4 N–H and O–H groups in total. The second-order valence-corrected chi connectivity index (χ2v) is 4.01. The zero-order valence-electron chi connectivity index (χ0n) is 8.71. The van der Waals surface area contributed by atoms with E-state index < -0.39 is 0 Å². The molecular weight excluding hydrogens is 162 g/mol. The Bertz CT molecular complexity index is 196. The molecule has 0 bridgehead atoms. The van der Waals surface area contributed by atoms with Gasteiger partial charge in [-0.1, -0.05) is 19.8 Å². The number of hydrogen-bond acceptors (Lipinski definition) is 3. The largest absolute Gasteiger partial charge is 0.400 e. The molecule has 3 heteroatoms. The first kappa shape index (κ1) is 10.4. The maximum atomic E-state index is 6.05. The van der Waals surface area contributed by atoms with Gasteiger partial charge in [-0.25, -0.2) is 5.84 Å². The third kappa shape index (κ3) is 2.62. The Morgan fingerprint density at radius 3 is 2.62 bits per heavy atom. The first-order valence-electron chi connectivity index (χ1n) is 5.10. The molecule has 1 aliphatic rings. The smallest absolute Gasteiger partial charge is 0.0477 e. The van der Waals surface area contributed by atoms with Crippen LogP contribution in [0.1, 0.15) is 39.0 Å². The van der Waals surface area contributed by atoms with Crippen molar-refractivity contribution in [3.8, 4) is 0 Å². The summed E-state index contributed by atoms with van der Waals surface area (Å²) < 4.78 is 0. The summed E-state index contributed by atoms with van der Waals surface area (Å²) in [7, 11) is 1.87. The van der Waals surface area contributed by atoms with Gasteiger partial charge in [0.05, 0.1) is 0 Å². The van der Waals surface area contributed by atoms with E-state index in [2.05, 4.69) is 6.92 Å². The third-order valence-electron chi connectivity index (χ3n) is 2.84. The van der Waals surface area contributed by atoms with E-state index in [4.69, 9.17) is 11.6 Å². The Kier molecular flexibility index (Phi) is 3.60. The van der Waals surface area contributed by atoms with Gasteiger partial charge in [-0.3, -0.25) is 0 Å². The van der Waals surface area contributed by atoms with Crippen LogP contribution in [0.3, 0.4) is 0 Å². The fourth-order valence-electron chi connectivity index (χ4n) is 1.88. The highest BCUT2D eigenvalue weighted by molar-refractivity contribution is 5.12. The molecule has 1 unspecified atom stereocenters. The van der Waals surface area contributed by atoms with Gasteiger partial charge < -0.3 is 10.7 Å². The van der Waals surface area contributed by atoms with E-state index >= 15 is 0 Å². The van der Waals surface area contributed by atoms with E-state index in [0.717, 1.165) is 17.8 Å². The minimum absolute atomic E-state index is 0.487. The second-order valence-electron chi connectivity index (χ2n) is 4.01. The normalized spacial score (nSPS) is 25.3. The number of hydrazine groups is 1. The minimum atomic E-state index is 0.487. The Morgan fingerprint density at radius 2 is 2.00 bits per heavy atom. The molecule has 0 aromatic heterocycles. The summed E-state index contributed by atoms with van der Waals surface area (Å²) in [6, 6.07) is 0. The molecule has 13 heavy (non-hydrogen) atoms. The third-order valence-corrected chi connectivity index (χ3v) is 2.84. The second kappa shape index (κ2) is 4.51. The predicted octanol–water partition coefficient (Wildman–Crippen LogP) is 1.56. The molecule has 1 atom stereocenters. The lowest BCUT2D eigenvalue weighted by Crippen LogP contribution is -2.30. The molecule has 0 amide bonds. The van der Waals surface area contributed by atoms with Crippen LogP contribution in [0.2, 0.25) is 0 Å². The van der Waals surface area contributed by atoms with Crippen molar-refractivity contribution in [2.45, 2.75) is 39.0 Å². The van der Waals surface area contributed by atoms with E-state index in [1.54, 1.807) is 5.01 Å². The van der Waals surface area contributed by atoms with Crippen molar-refractivity contribution in [1.82, 2.24) is 5.01 Å². The summed E-state index contributed by atoms with van der Waals surface area (Å²) in [6.07, 6.45) is 6.04. The van der Waals surface area contributed by atoms with Gasteiger partial charge >= 0.3 is 0 Å². The highest BCUT2D eigenvalue weighted by atomic mass is 15.4. The predicted molar refractivity (Wildman–Crippen MR) is 55.4 cm³/mol. The van der Waals surface area contributed by atoms with Crippen LogP contribution in [-0.4, -0.2) is 12.1 Å². The summed E-state index contributed by atoms with van der Waals surface area (Å²) in [5.74, 6) is 6.22. The fourth-order valence-corrected chi connectivity index (χ4v) is 1.88. The molecule has 0 aromatic rings. The van der Waals surface area contributed by atoms with Crippen LogP contribution >= 0.6 is 0 Å². The van der Waals surface area contributed by atoms with Crippen LogP contribution in [0.4, 0.5) is 0 Å². The minimum Gasteiger partial charge on any atom is -0.400 e. The van der Waals surface area contributed by atoms with Crippen molar-refractivity contribution in [2.24, 2.45) is 17.5 Å². The van der Waals surface area contributed by atoms with Gasteiger partial charge in [0, 0.05) is 18.4 Å². The molecule has 0 aromatic carbocycles. The van der Waals surface area contributed by atoms with Crippen LogP contribution < -0.4 is 11.6 Å². The van der Waals surface area contributed by atoms with Crippen LogP contribution in [0.5, 0.6) is 0 Å². The van der Waals surface area contributed by atoms with Crippen molar-refractivity contribution < 1.29 is 0 Å². The number of nitrogens with two attached hydrogens (primary N) is 2. The lowest BCUT2D eigenvalue weighted by atomic mass is 9.93. The van der Waals surface area contributed by atoms with Crippen LogP contribution in [0, 0.1) is 5.92 Å². The van der Waals surface area contributed by atoms with Gasteiger partial charge in [-0.15, -0.1) is 0 Å². The van der Waals surface area contributed by atoms with Gasteiger partial charge in [0.1, 0.15) is 0 Å². The van der Waals surface area contributed by atoms with E-state index in [9.17, 15) is 0 Å². The number of rotatable bonds is 1. The Labute approximate surface area is 80.7 Å². The lowest BCUT2D eigenvalue weighted by Gasteiger charge is -2.25. The highest BCUT2D eigenvalue weighted by Gasteiger charge is 2.15. The first-order valence-corrected chi connectivity index (χ1v) is 5.10. The number of nitrogens with zero attached hydrogens (tertiary/aromatic N) is 1. The maximum Gasteiger partial charge on any atom is 0.0477 e. The highest BCUT2D eigenvalue weighted by Crippen LogP contribution is 2.24. The Hall–Kier alpha value is -0.700. The van der Waals surface area contributed by atoms with Crippen molar-refractivity contribution in [2.75, 3.05) is 7.05 Å². The molecule has 0 heterocycles. The molecular formula is C10H21N3. The molecule has 1 rings (SSSR count). The van der Waals surface area contributed by atoms with Gasteiger partial charge in [-0.05, 0) is 25.2 Å². The van der Waals surface area contributed by atoms with E-state index in [0.29, 0.717) is 5.92 Å². The fraction of sp³-hybridized carbons (Fsp3) is 0.800. The monoisotopic (exact) mass is 183 g/mol. The molecule has 0 radical (unpaired) electrons. The molecule has 0 spiro atoms. The Morgan fingerprint density at radius 1 is 1.31 bits per heavy atom. The summed E-state index contributed by atoms with van der Waals surface area (Å²) in [5.41, 5.74) is 8.17. The van der Waals surface area contributed by atoms with Gasteiger partial charge in [0.2, 0.25) is 0 Å². The van der Waals surface area contributed by atoms with Crippen LogP contribution in [0.25, 0.3) is 0 Å². The Balaban J connectivity index is 2.81. The SMILES string of the molecule is CC1CCCCCC(N(C)N)=C1N. The average molecular weight is 183 g/mol. The van der Waals surface area contributed by atoms with Crippen molar-refractivity contribution in [3.63, 3.8) is 0 Å². The summed E-state index contributed by atoms with van der Waals surface area (Å²) in [5, 5.41) is 1.68. The molecule has 0 saturated carbocycles. The summed E-state index contributed by atoms with van der Waals surface area (Å²) >= 11 is 0. The standard InChI is InChI=1S/C10H21N3/c1-8-6-4-3-5-7-9(10(8)11)13(2)12/h8H,3-7,11-12H2,1-2H3. The molecule has 0 fully saturated rings. The lowest BCUT2D eigenvalue weighted by molar-refractivity contribution is 0.382. The van der Waals surface area contributed by atoms with Crippen LogP contribution in [-0.2, 0) is 0 Å². The van der Waals surface area contributed by atoms with Gasteiger partial charge in [-0.2, -0.15) is 0 Å². The van der Waals surface area contributed by atoms with E-state index in [1.807, 2.05) is 7.05 Å². The topological polar surface area (TPSA) is 55.3 Å². The summed E-state index contributed by atoms with van der Waals surface area (Å²) in [6.45, 7) is 2.18. The number of allylic oxidation sites excluding steroid dienone is 2. The van der Waals surface area contributed by atoms with Crippen molar-refractivity contribution >= 4 is 0 Å². The molecule has 3 nitrogen and oxygen atoms in total. The van der Waals surface area contributed by atoms with Crippen molar-refractivity contribution in [1.29, 1.82) is 0 Å². The number of hydrogen-bond donors (Lipinski definition) is 2. The molecule has 76 valence electrons.